The molecule has 1 atom stereocenters. The van der Waals surface area contributed by atoms with Gasteiger partial charge in [0.05, 0.1) is 17.9 Å². The van der Waals surface area contributed by atoms with Gasteiger partial charge in [0.2, 0.25) is 0 Å². The highest BCUT2D eigenvalue weighted by Crippen LogP contribution is 2.37. The quantitative estimate of drug-likeness (QED) is 0.879. The maximum Gasteiger partial charge on any atom is 0.254 e. The number of amides is 1. The largest absolute Gasteiger partial charge is 0.472 e. The number of aliphatic hydroxyl groups excluding tert-OH is 1. The lowest BCUT2D eigenvalue weighted by molar-refractivity contribution is 0.0907. The number of furan rings is 1. The van der Waals surface area contributed by atoms with E-state index in [9.17, 15) is 9.90 Å². The Balaban J connectivity index is 1.34. The van der Waals surface area contributed by atoms with Gasteiger partial charge in [-0.05, 0) is 25.3 Å². The van der Waals surface area contributed by atoms with Gasteiger partial charge in [0.1, 0.15) is 18.4 Å². The van der Waals surface area contributed by atoms with Crippen LogP contribution in [0.5, 0.6) is 0 Å². The minimum Gasteiger partial charge on any atom is -0.472 e. The molecule has 126 valence electrons. The van der Waals surface area contributed by atoms with Gasteiger partial charge in [-0.1, -0.05) is 0 Å². The zero-order valence-electron chi connectivity index (χ0n) is 13.3. The van der Waals surface area contributed by atoms with E-state index in [1.54, 1.807) is 12.4 Å². The molecule has 2 aromatic heterocycles. The van der Waals surface area contributed by atoms with Gasteiger partial charge in [-0.2, -0.15) is 0 Å². The van der Waals surface area contributed by atoms with Gasteiger partial charge < -0.3 is 19.7 Å². The second kappa shape index (κ2) is 6.24. The van der Waals surface area contributed by atoms with Crippen LogP contribution in [0.25, 0.3) is 0 Å². The average molecular weight is 328 g/mol. The number of aromatic nitrogens is 2. The van der Waals surface area contributed by atoms with Crippen molar-refractivity contribution in [1.29, 1.82) is 0 Å². The number of anilines is 1. The molecule has 7 heteroatoms. The summed E-state index contributed by atoms with van der Waals surface area (Å²) in [5.74, 6) is 1.12. The van der Waals surface area contributed by atoms with Gasteiger partial charge in [-0.3, -0.25) is 4.79 Å². The number of aliphatic hydroxyl groups is 1. The summed E-state index contributed by atoms with van der Waals surface area (Å²) in [6.45, 7) is 1.45. The number of nitrogens with zero attached hydrogens (tertiary/aromatic N) is 3. The van der Waals surface area contributed by atoms with Crippen molar-refractivity contribution in [3.63, 3.8) is 0 Å². The Kier molecular flexibility index (Phi) is 3.93. The first kappa shape index (κ1) is 15.1. The molecule has 1 amide bonds. The highest BCUT2D eigenvalue weighted by molar-refractivity contribution is 5.94. The van der Waals surface area contributed by atoms with Crippen molar-refractivity contribution in [2.24, 2.45) is 0 Å². The number of hydrogen-bond donors (Lipinski definition) is 2. The smallest absolute Gasteiger partial charge is 0.254 e. The summed E-state index contributed by atoms with van der Waals surface area (Å²) in [5, 5.41) is 12.7. The number of carbonyl (C=O) groups excluding carboxylic acids is 1. The van der Waals surface area contributed by atoms with Crippen LogP contribution in [0.4, 0.5) is 5.82 Å². The van der Waals surface area contributed by atoms with E-state index in [4.69, 9.17) is 4.42 Å². The van der Waals surface area contributed by atoms with Gasteiger partial charge in [0.15, 0.2) is 0 Å². The highest BCUT2D eigenvalue weighted by Gasteiger charge is 2.33. The maximum absolute atomic E-state index is 12.0. The molecule has 7 nitrogen and oxygen atoms in total. The van der Waals surface area contributed by atoms with E-state index in [0.717, 1.165) is 37.3 Å². The van der Waals surface area contributed by atoms with Gasteiger partial charge in [-0.15, -0.1) is 0 Å². The molecule has 1 aliphatic heterocycles. The van der Waals surface area contributed by atoms with Crippen LogP contribution in [0.1, 0.15) is 41.2 Å². The summed E-state index contributed by atoms with van der Waals surface area (Å²) in [7, 11) is 0. The molecular weight excluding hydrogens is 308 g/mol. The van der Waals surface area contributed by atoms with Crippen LogP contribution < -0.4 is 10.2 Å². The standard InChI is InChI=1S/C17H20N4O3/c22-14-1-3-21(8-14)16-7-15(18-10-19-16)12-5-13(6-12)20-17(23)11-2-4-24-9-11/h2,4,7,9-10,12-14,22H,1,3,5-6,8H2,(H,20,23)/t12?,13?,14-/m1/s1. The third kappa shape index (κ3) is 2.99. The van der Waals surface area contributed by atoms with Gasteiger partial charge in [0, 0.05) is 36.8 Å². The molecule has 24 heavy (non-hydrogen) atoms. The number of β-amino-alcohol motifs (C(OH)–C–C–N with tert-alkyl or cyclic N) is 1. The average Bonchev–Trinajstić information content (AvgIpc) is 3.22. The number of hydrogen-bond acceptors (Lipinski definition) is 6. The van der Waals surface area contributed by atoms with Gasteiger partial charge >= 0.3 is 0 Å². The third-order valence-corrected chi connectivity index (χ3v) is 4.84. The lowest BCUT2D eigenvalue weighted by atomic mass is 9.78. The summed E-state index contributed by atoms with van der Waals surface area (Å²) in [6.07, 6.45) is 6.81. The molecule has 1 aliphatic carbocycles. The van der Waals surface area contributed by atoms with E-state index in [1.807, 2.05) is 6.07 Å². The van der Waals surface area contributed by atoms with E-state index in [0.29, 0.717) is 18.0 Å². The Morgan fingerprint density at radius 2 is 2.25 bits per heavy atom. The fourth-order valence-electron chi connectivity index (χ4n) is 3.35. The van der Waals surface area contributed by atoms with Gasteiger partial charge in [0.25, 0.3) is 5.91 Å². The second-order valence-corrected chi connectivity index (χ2v) is 6.54. The monoisotopic (exact) mass is 328 g/mol. The summed E-state index contributed by atoms with van der Waals surface area (Å²) in [4.78, 5) is 22.8. The number of carbonyl (C=O) groups is 1. The van der Waals surface area contributed by atoms with Crippen LogP contribution >= 0.6 is 0 Å². The summed E-state index contributed by atoms with van der Waals surface area (Å²) in [5.41, 5.74) is 1.56. The van der Waals surface area contributed by atoms with Crippen LogP contribution in [0.2, 0.25) is 0 Å². The first-order valence-electron chi connectivity index (χ1n) is 8.27. The molecule has 4 rings (SSSR count). The predicted octanol–water partition coefficient (Wildman–Crippen LogP) is 1.32. The van der Waals surface area contributed by atoms with Crippen molar-refractivity contribution in [2.45, 2.75) is 37.3 Å². The maximum atomic E-state index is 12.0. The molecule has 2 aliphatic rings. The molecule has 1 saturated carbocycles. The normalized spacial score (nSPS) is 26.2. The summed E-state index contributed by atoms with van der Waals surface area (Å²) in [6, 6.07) is 3.84. The minimum absolute atomic E-state index is 0.0957. The number of nitrogens with one attached hydrogen (secondary N) is 1. The van der Waals surface area contributed by atoms with Crippen molar-refractivity contribution in [1.82, 2.24) is 15.3 Å². The fourth-order valence-corrected chi connectivity index (χ4v) is 3.35. The van der Waals surface area contributed by atoms with Crippen molar-refractivity contribution in [3.05, 3.63) is 42.2 Å². The van der Waals surface area contributed by atoms with Crippen LogP contribution in [0.3, 0.4) is 0 Å². The Labute approximate surface area is 139 Å². The first-order chi connectivity index (χ1) is 11.7. The van der Waals surface area contributed by atoms with Crippen molar-refractivity contribution in [3.8, 4) is 0 Å². The van der Waals surface area contributed by atoms with Crippen LogP contribution in [0.15, 0.2) is 35.4 Å². The molecule has 0 radical (unpaired) electrons. The van der Waals surface area contributed by atoms with Crippen LogP contribution in [-0.4, -0.2) is 46.2 Å². The summed E-state index contributed by atoms with van der Waals surface area (Å²) < 4.78 is 4.93. The number of rotatable bonds is 4. The first-order valence-corrected chi connectivity index (χ1v) is 8.27. The Hall–Kier alpha value is -2.41. The molecule has 1 saturated heterocycles. The van der Waals surface area contributed by atoms with E-state index < -0.39 is 0 Å². The lowest BCUT2D eigenvalue weighted by Gasteiger charge is -2.35. The molecule has 3 heterocycles. The van der Waals surface area contributed by atoms with Crippen molar-refractivity contribution < 1.29 is 14.3 Å². The molecule has 2 fully saturated rings. The zero-order chi connectivity index (χ0) is 16.5. The van der Waals surface area contributed by atoms with E-state index in [1.165, 1.54) is 12.5 Å². The van der Waals surface area contributed by atoms with E-state index >= 15 is 0 Å². The second-order valence-electron chi connectivity index (χ2n) is 6.54. The third-order valence-electron chi connectivity index (χ3n) is 4.84. The molecular formula is C17H20N4O3. The molecule has 0 aromatic carbocycles. The minimum atomic E-state index is -0.269. The van der Waals surface area contributed by atoms with Crippen LogP contribution in [-0.2, 0) is 0 Å². The molecule has 2 aromatic rings. The molecule has 0 spiro atoms. The SMILES string of the molecule is O=C(NC1CC(c2cc(N3CC[C@@H](O)C3)ncn2)C1)c1ccoc1. The highest BCUT2D eigenvalue weighted by atomic mass is 16.3. The Morgan fingerprint density at radius 3 is 2.96 bits per heavy atom. The fraction of sp³-hybridized carbons (Fsp3) is 0.471. The predicted molar refractivity (Wildman–Crippen MR) is 86.8 cm³/mol. The van der Waals surface area contributed by atoms with Crippen molar-refractivity contribution in [2.75, 3.05) is 18.0 Å². The molecule has 0 unspecified atom stereocenters. The van der Waals surface area contributed by atoms with Crippen LogP contribution in [0, 0.1) is 0 Å². The summed E-state index contributed by atoms with van der Waals surface area (Å²) >= 11 is 0. The van der Waals surface area contributed by atoms with E-state index in [-0.39, 0.29) is 18.1 Å². The Morgan fingerprint density at radius 1 is 1.38 bits per heavy atom. The van der Waals surface area contributed by atoms with E-state index in [2.05, 4.69) is 20.2 Å². The van der Waals surface area contributed by atoms with Gasteiger partial charge in [-0.25, -0.2) is 9.97 Å². The molecule has 2 N–H and O–H groups in total. The zero-order valence-corrected chi connectivity index (χ0v) is 13.3. The van der Waals surface area contributed by atoms with Crippen molar-refractivity contribution >= 4 is 11.7 Å². The lowest BCUT2D eigenvalue weighted by Crippen LogP contribution is -2.43. The topological polar surface area (TPSA) is 91.5 Å². The molecule has 0 bridgehead atoms. The Bertz CT molecular complexity index is 712.